The Labute approximate surface area is 141 Å². The summed E-state index contributed by atoms with van der Waals surface area (Å²) < 4.78 is 6.02. The topological polar surface area (TPSA) is 54.5 Å². The van der Waals surface area contributed by atoms with E-state index in [0.717, 1.165) is 49.9 Å². The molecule has 0 aromatic carbocycles. The maximum atomic E-state index is 12.4. The lowest BCUT2D eigenvalue weighted by molar-refractivity contribution is -0.0581. The Balaban J connectivity index is 1.31. The largest absolute Gasteiger partial charge is 0.375 e. The van der Waals surface area contributed by atoms with Crippen LogP contribution in [0.2, 0.25) is 0 Å². The van der Waals surface area contributed by atoms with E-state index in [0.29, 0.717) is 17.8 Å². The van der Waals surface area contributed by atoms with Crippen LogP contribution < -0.4 is 5.32 Å². The zero-order chi connectivity index (χ0) is 15.8. The highest BCUT2D eigenvalue weighted by atomic mass is 32.1. The summed E-state index contributed by atoms with van der Waals surface area (Å²) in [7, 11) is 0. The lowest BCUT2D eigenvalue weighted by Crippen LogP contribution is -2.47. The quantitative estimate of drug-likeness (QED) is 0.895. The van der Waals surface area contributed by atoms with Crippen molar-refractivity contribution < 1.29 is 9.53 Å². The van der Waals surface area contributed by atoms with Gasteiger partial charge in [0.15, 0.2) is 0 Å². The molecule has 0 spiro atoms. The first kappa shape index (κ1) is 15.5. The fourth-order valence-electron chi connectivity index (χ4n) is 3.76. The maximum Gasteiger partial charge on any atom is 0.271 e. The van der Waals surface area contributed by atoms with E-state index in [1.165, 1.54) is 12.8 Å². The van der Waals surface area contributed by atoms with Crippen LogP contribution in [0.3, 0.4) is 0 Å². The third-order valence-corrected chi connectivity index (χ3v) is 6.08. The Morgan fingerprint density at radius 1 is 1.48 bits per heavy atom. The minimum Gasteiger partial charge on any atom is -0.375 e. The molecule has 1 aromatic heterocycles. The molecule has 1 N–H and O–H groups in total. The lowest BCUT2D eigenvalue weighted by atomic mass is 10.1. The highest BCUT2D eigenvalue weighted by Gasteiger charge is 2.42. The molecule has 0 radical (unpaired) electrons. The van der Waals surface area contributed by atoms with Gasteiger partial charge in [-0.3, -0.25) is 9.69 Å². The summed E-state index contributed by atoms with van der Waals surface area (Å²) in [6, 6.07) is 0.701. The average molecular weight is 335 g/mol. The van der Waals surface area contributed by atoms with Gasteiger partial charge in [-0.2, -0.15) is 0 Å². The minimum absolute atomic E-state index is 0.0203. The molecule has 2 saturated heterocycles. The van der Waals surface area contributed by atoms with E-state index in [2.05, 4.69) is 22.1 Å². The van der Waals surface area contributed by atoms with Crippen molar-refractivity contribution in [1.29, 1.82) is 0 Å². The number of rotatable bonds is 5. The normalized spacial score (nSPS) is 31.1. The van der Waals surface area contributed by atoms with Crippen molar-refractivity contribution in [3.63, 3.8) is 0 Å². The second-order valence-corrected chi connectivity index (χ2v) is 8.04. The first-order chi connectivity index (χ1) is 11.2. The number of aryl methyl sites for hydroxylation is 1. The van der Waals surface area contributed by atoms with Crippen LogP contribution in [0.15, 0.2) is 5.38 Å². The number of carbonyl (C=O) groups is 1. The summed E-state index contributed by atoms with van der Waals surface area (Å²) in [5.74, 6) is 0.768. The summed E-state index contributed by atoms with van der Waals surface area (Å²) in [4.78, 5) is 19.3. The third kappa shape index (κ3) is 3.44. The highest BCUT2D eigenvalue weighted by Crippen LogP contribution is 2.37. The standard InChI is InChI=1S/C17H25N3O2S/c1-2-3-16-19-14(10-23-16)17(21)18-12-6-13-9-22-15(11-4-5-11)8-20(13)7-12/h10-13,15H,2-9H2,1H3,(H,18,21)/t12-,13-,15-/m0/s1. The Kier molecular flexibility index (Phi) is 4.39. The number of fused-ring (bicyclic) bond motifs is 1. The number of ether oxygens (including phenoxy) is 1. The van der Waals surface area contributed by atoms with Crippen LogP contribution in [-0.4, -0.2) is 53.7 Å². The smallest absolute Gasteiger partial charge is 0.271 e. The van der Waals surface area contributed by atoms with Crippen LogP contribution in [0.1, 0.15) is 48.1 Å². The summed E-state index contributed by atoms with van der Waals surface area (Å²) in [5, 5.41) is 6.12. The Bertz CT molecular complexity index is 572. The highest BCUT2D eigenvalue weighted by molar-refractivity contribution is 7.09. The van der Waals surface area contributed by atoms with E-state index < -0.39 is 0 Å². The molecule has 1 amide bonds. The minimum atomic E-state index is -0.0203. The van der Waals surface area contributed by atoms with Crippen LogP contribution >= 0.6 is 11.3 Å². The summed E-state index contributed by atoms with van der Waals surface area (Å²) in [5.41, 5.74) is 0.579. The van der Waals surface area contributed by atoms with Crippen molar-refractivity contribution in [1.82, 2.24) is 15.2 Å². The molecular formula is C17H25N3O2S. The fraction of sp³-hybridized carbons (Fsp3) is 0.765. The van der Waals surface area contributed by atoms with Gasteiger partial charge in [-0.05, 0) is 38.0 Å². The molecule has 4 rings (SSSR count). The van der Waals surface area contributed by atoms with E-state index in [-0.39, 0.29) is 11.9 Å². The van der Waals surface area contributed by atoms with Crippen LogP contribution in [-0.2, 0) is 11.2 Å². The van der Waals surface area contributed by atoms with Crippen LogP contribution in [0.4, 0.5) is 0 Å². The number of nitrogens with zero attached hydrogens (tertiary/aromatic N) is 2. The van der Waals surface area contributed by atoms with Gasteiger partial charge < -0.3 is 10.1 Å². The molecule has 3 atom stereocenters. The van der Waals surface area contributed by atoms with Gasteiger partial charge in [0.25, 0.3) is 5.91 Å². The van der Waals surface area contributed by atoms with Crippen LogP contribution in [0, 0.1) is 5.92 Å². The van der Waals surface area contributed by atoms with E-state index in [9.17, 15) is 4.79 Å². The van der Waals surface area contributed by atoms with Crippen LogP contribution in [0.25, 0.3) is 0 Å². The molecule has 5 nitrogen and oxygen atoms in total. The number of morpholine rings is 1. The molecular weight excluding hydrogens is 310 g/mol. The molecule has 0 unspecified atom stereocenters. The zero-order valence-electron chi connectivity index (χ0n) is 13.7. The zero-order valence-corrected chi connectivity index (χ0v) is 14.5. The van der Waals surface area contributed by atoms with E-state index >= 15 is 0 Å². The van der Waals surface area contributed by atoms with Crippen molar-refractivity contribution in [3.8, 4) is 0 Å². The number of carbonyl (C=O) groups excluding carboxylic acids is 1. The van der Waals surface area contributed by atoms with E-state index in [1.807, 2.05) is 5.38 Å². The summed E-state index contributed by atoms with van der Waals surface area (Å²) in [6.45, 7) is 4.95. The molecule has 0 bridgehead atoms. The molecule has 6 heteroatoms. The fourth-order valence-corrected chi connectivity index (χ4v) is 4.64. The number of thiazole rings is 1. The number of aromatic nitrogens is 1. The molecule has 126 valence electrons. The third-order valence-electron chi connectivity index (χ3n) is 5.18. The van der Waals surface area contributed by atoms with Gasteiger partial charge in [-0.15, -0.1) is 11.3 Å². The molecule has 23 heavy (non-hydrogen) atoms. The van der Waals surface area contributed by atoms with Crippen molar-refractivity contribution in [3.05, 3.63) is 16.1 Å². The van der Waals surface area contributed by atoms with Crippen molar-refractivity contribution in [2.75, 3.05) is 19.7 Å². The number of nitrogens with one attached hydrogen (secondary N) is 1. The second kappa shape index (κ2) is 6.49. The maximum absolute atomic E-state index is 12.4. The van der Waals surface area contributed by atoms with Crippen molar-refractivity contribution in [2.24, 2.45) is 5.92 Å². The predicted octanol–water partition coefficient (Wildman–Crippen LogP) is 2.08. The van der Waals surface area contributed by atoms with Gasteiger partial charge in [0.1, 0.15) is 5.69 Å². The van der Waals surface area contributed by atoms with Crippen molar-refractivity contribution >= 4 is 17.2 Å². The van der Waals surface area contributed by atoms with Gasteiger partial charge in [0.2, 0.25) is 0 Å². The Morgan fingerprint density at radius 3 is 3.13 bits per heavy atom. The molecule has 3 aliphatic rings. The molecule has 1 aliphatic carbocycles. The molecule has 3 heterocycles. The summed E-state index contributed by atoms with van der Waals surface area (Å²) >= 11 is 1.59. The molecule has 3 fully saturated rings. The van der Waals surface area contributed by atoms with Crippen molar-refractivity contribution in [2.45, 2.75) is 57.2 Å². The molecule has 2 aliphatic heterocycles. The molecule has 1 saturated carbocycles. The van der Waals surface area contributed by atoms with E-state index in [4.69, 9.17) is 4.74 Å². The Morgan fingerprint density at radius 2 is 2.35 bits per heavy atom. The first-order valence-electron chi connectivity index (χ1n) is 8.84. The SMILES string of the molecule is CCCc1nc(C(=O)N[C@H]2C[C@H]3CO[C@H](C4CC4)CN3C2)cs1. The van der Waals surface area contributed by atoms with Gasteiger partial charge >= 0.3 is 0 Å². The monoisotopic (exact) mass is 335 g/mol. The van der Waals surface area contributed by atoms with Gasteiger partial charge in [-0.1, -0.05) is 6.92 Å². The van der Waals surface area contributed by atoms with Crippen LogP contribution in [0.5, 0.6) is 0 Å². The number of hydrogen-bond donors (Lipinski definition) is 1. The molecule has 1 aromatic rings. The van der Waals surface area contributed by atoms with Gasteiger partial charge in [0.05, 0.1) is 17.7 Å². The van der Waals surface area contributed by atoms with E-state index in [1.54, 1.807) is 11.3 Å². The number of amides is 1. The number of hydrogen-bond acceptors (Lipinski definition) is 5. The summed E-state index contributed by atoms with van der Waals surface area (Å²) in [6.07, 6.45) is 6.10. The lowest BCUT2D eigenvalue weighted by Gasteiger charge is -2.35. The first-order valence-corrected chi connectivity index (χ1v) is 9.71. The second-order valence-electron chi connectivity index (χ2n) is 7.10. The Hall–Kier alpha value is -0.980. The predicted molar refractivity (Wildman–Crippen MR) is 89.8 cm³/mol. The van der Waals surface area contributed by atoms with Gasteiger partial charge in [0, 0.05) is 30.6 Å². The average Bonchev–Trinajstić information content (AvgIpc) is 3.15. The van der Waals surface area contributed by atoms with Gasteiger partial charge in [-0.25, -0.2) is 4.98 Å².